The molecule has 0 fully saturated rings. The monoisotopic (exact) mass is 382 g/mol. The average Bonchev–Trinajstić information content (AvgIpc) is 3.02. The van der Waals surface area contributed by atoms with Gasteiger partial charge in [0.25, 0.3) is 11.8 Å². The number of aryl methyl sites for hydroxylation is 3. The molecule has 1 aliphatic rings. The second kappa shape index (κ2) is 8.17. The van der Waals surface area contributed by atoms with Crippen molar-refractivity contribution in [2.24, 2.45) is 5.92 Å². The number of hydrogen-bond donors (Lipinski definition) is 2. The van der Waals surface area contributed by atoms with Gasteiger partial charge in [0.15, 0.2) is 11.5 Å². The van der Waals surface area contributed by atoms with Gasteiger partial charge in [-0.25, -0.2) is 4.98 Å². The summed E-state index contributed by atoms with van der Waals surface area (Å²) < 4.78 is 1.92. The lowest BCUT2D eigenvalue weighted by Crippen LogP contribution is -2.30. The lowest BCUT2D eigenvalue weighted by atomic mass is 10.0. The zero-order valence-electron chi connectivity index (χ0n) is 17.5. The van der Waals surface area contributed by atoms with Gasteiger partial charge in [-0.3, -0.25) is 9.59 Å². The van der Waals surface area contributed by atoms with Crippen LogP contribution in [-0.2, 0) is 13.0 Å². The predicted octanol–water partition coefficient (Wildman–Crippen LogP) is 3.78. The molecular weight excluding hydrogens is 352 g/mol. The molecule has 2 N–H and O–H groups in total. The minimum atomic E-state index is -0.247. The van der Waals surface area contributed by atoms with Crippen LogP contribution in [0.2, 0.25) is 0 Å². The van der Waals surface area contributed by atoms with Crippen LogP contribution in [0.15, 0.2) is 12.1 Å². The maximum Gasteiger partial charge on any atom is 0.287 e. The minimum Gasteiger partial charge on any atom is -0.349 e. The molecule has 3 rings (SSSR count). The third kappa shape index (κ3) is 4.11. The molecule has 0 atom stereocenters. The van der Waals surface area contributed by atoms with E-state index in [2.05, 4.69) is 27.8 Å². The van der Waals surface area contributed by atoms with Gasteiger partial charge in [0.2, 0.25) is 0 Å². The Morgan fingerprint density at radius 2 is 1.79 bits per heavy atom. The second-order valence-electron chi connectivity index (χ2n) is 8.17. The fourth-order valence-electron chi connectivity index (χ4n) is 3.82. The summed E-state index contributed by atoms with van der Waals surface area (Å²) in [6.07, 6.45) is 2.76. The number of fused-ring (bicyclic) bond motifs is 1. The van der Waals surface area contributed by atoms with E-state index in [4.69, 9.17) is 0 Å². The van der Waals surface area contributed by atoms with E-state index in [1.807, 2.05) is 39.2 Å². The van der Waals surface area contributed by atoms with Gasteiger partial charge in [0.1, 0.15) is 0 Å². The summed E-state index contributed by atoms with van der Waals surface area (Å²) in [6.45, 7) is 11.4. The number of nitrogens with zero attached hydrogens (tertiary/aromatic N) is 2. The first kappa shape index (κ1) is 20.1. The molecule has 1 aromatic carbocycles. The molecule has 0 saturated carbocycles. The van der Waals surface area contributed by atoms with E-state index < -0.39 is 0 Å². The van der Waals surface area contributed by atoms with Crippen LogP contribution in [0.5, 0.6) is 0 Å². The van der Waals surface area contributed by atoms with E-state index >= 15 is 0 Å². The molecule has 0 bridgehead atoms. The van der Waals surface area contributed by atoms with Crippen molar-refractivity contribution in [2.75, 3.05) is 11.9 Å². The highest BCUT2D eigenvalue weighted by Gasteiger charge is 2.27. The van der Waals surface area contributed by atoms with Crippen LogP contribution >= 0.6 is 0 Å². The predicted molar refractivity (Wildman–Crippen MR) is 111 cm³/mol. The summed E-state index contributed by atoms with van der Waals surface area (Å²) in [5.74, 6) is 0.245. The Labute approximate surface area is 166 Å². The highest BCUT2D eigenvalue weighted by Crippen LogP contribution is 2.25. The fourth-order valence-corrected chi connectivity index (χ4v) is 3.82. The molecule has 6 heteroatoms. The van der Waals surface area contributed by atoms with Gasteiger partial charge >= 0.3 is 0 Å². The third-order valence-corrected chi connectivity index (χ3v) is 5.12. The first-order valence-electron chi connectivity index (χ1n) is 10.0. The van der Waals surface area contributed by atoms with Crippen LogP contribution in [0, 0.1) is 26.7 Å². The lowest BCUT2D eigenvalue weighted by molar-refractivity contribution is 0.0933. The molecule has 2 amide bonds. The Morgan fingerprint density at radius 3 is 2.43 bits per heavy atom. The summed E-state index contributed by atoms with van der Waals surface area (Å²) in [5.41, 5.74) is 5.26. The van der Waals surface area contributed by atoms with Crippen molar-refractivity contribution in [2.45, 2.75) is 60.4 Å². The van der Waals surface area contributed by atoms with Crippen LogP contribution < -0.4 is 10.6 Å². The maximum absolute atomic E-state index is 13.1. The summed E-state index contributed by atoms with van der Waals surface area (Å²) in [5, 5.41) is 5.95. The maximum atomic E-state index is 13.1. The van der Waals surface area contributed by atoms with E-state index in [0.29, 0.717) is 24.0 Å². The Balaban J connectivity index is 1.91. The van der Waals surface area contributed by atoms with E-state index in [9.17, 15) is 9.59 Å². The molecule has 0 radical (unpaired) electrons. The third-order valence-electron chi connectivity index (χ3n) is 5.12. The van der Waals surface area contributed by atoms with E-state index in [1.54, 1.807) is 0 Å². The molecule has 6 nitrogen and oxygen atoms in total. The molecule has 0 unspecified atom stereocenters. The number of amides is 2. The number of hydrogen-bond acceptors (Lipinski definition) is 3. The molecule has 1 aliphatic heterocycles. The van der Waals surface area contributed by atoms with Crippen molar-refractivity contribution >= 4 is 17.5 Å². The lowest BCUT2D eigenvalue weighted by Gasteiger charge is -2.17. The van der Waals surface area contributed by atoms with Crippen molar-refractivity contribution in [3.8, 4) is 0 Å². The second-order valence-corrected chi connectivity index (χ2v) is 8.17. The number of imidazole rings is 1. The summed E-state index contributed by atoms with van der Waals surface area (Å²) >= 11 is 0. The first-order chi connectivity index (χ1) is 13.3. The van der Waals surface area contributed by atoms with E-state index in [-0.39, 0.29) is 11.8 Å². The molecule has 0 aliphatic carbocycles. The number of carbonyl (C=O) groups is 2. The normalized spacial score (nSPS) is 13.4. The average molecular weight is 383 g/mol. The molecule has 0 saturated heterocycles. The van der Waals surface area contributed by atoms with Gasteiger partial charge in [0, 0.05) is 18.8 Å². The minimum absolute atomic E-state index is 0.210. The summed E-state index contributed by atoms with van der Waals surface area (Å²) in [6, 6.07) is 4.10. The van der Waals surface area contributed by atoms with Gasteiger partial charge in [-0.2, -0.15) is 0 Å². The molecule has 1 aromatic heterocycles. The Bertz CT molecular complexity index is 888. The van der Waals surface area contributed by atoms with Gasteiger partial charge in [-0.05, 0) is 57.1 Å². The standard InChI is InChI=1S/C22H30N4O2/c1-13(2)12-23-22(28)20-24-19(17-8-6-7-9-26(17)20)21(27)25-18-15(4)10-14(3)11-16(18)5/h10-11,13H,6-9,12H2,1-5H3,(H,23,28)(H,25,27). The van der Waals surface area contributed by atoms with Gasteiger partial charge in [-0.1, -0.05) is 31.5 Å². The van der Waals surface area contributed by atoms with Crippen LogP contribution in [-0.4, -0.2) is 27.9 Å². The highest BCUT2D eigenvalue weighted by atomic mass is 16.2. The first-order valence-corrected chi connectivity index (χ1v) is 10.0. The Hall–Kier alpha value is -2.63. The number of nitrogens with one attached hydrogen (secondary N) is 2. The topological polar surface area (TPSA) is 76.0 Å². The molecule has 0 spiro atoms. The smallest absolute Gasteiger partial charge is 0.287 e. The fraction of sp³-hybridized carbons (Fsp3) is 0.500. The van der Waals surface area contributed by atoms with Gasteiger partial charge < -0.3 is 15.2 Å². The van der Waals surface area contributed by atoms with Crippen molar-refractivity contribution in [3.63, 3.8) is 0 Å². The van der Waals surface area contributed by atoms with Crippen molar-refractivity contribution < 1.29 is 9.59 Å². The summed E-state index contributed by atoms with van der Waals surface area (Å²) in [4.78, 5) is 30.2. The Morgan fingerprint density at radius 1 is 1.11 bits per heavy atom. The zero-order valence-corrected chi connectivity index (χ0v) is 17.5. The zero-order chi connectivity index (χ0) is 20.4. The van der Waals surface area contributed by atoms with Crippen LogP contribution in [0.3, 0.4) is 0 Å². The molecule has 2 aromatic rings. The number of carbonyl (C=O) groups excluding carboxylic acids is 2. The number of anilines is 1. The number of benzene rings is 1. The van der Waals surface area contributed by atoms with Gasteiger partial charge in [0.05, 0.1) is 5.69 Å². The van der Waals surface area contributed by atoms with Crippen LogP contribution in [0.4, 0.5) is 5.69 Å². The molecular formula is C22H30N4O2. The molecule has 150 valence electrons. The highest BCUT2D eigenvalue weighted by molar-refractivity contribution is 6.05. The quantitative estimate of drug-likeness (QED) is 0.826. The van der Waals surface area contributed by atoms with Crippen molar-refractivity contribution in [3.05, 3.63) is 46.0 Å². The molecule has 2 heterocycles. The van der Waals surface area contributed by atoms with Gasteiger partial charge in [-0.15, -0.1) is 0 Å². The Kier molecular flexibility index (Phi) is 5.87. The summed E-state index contributed by atoms with van der Waals surface area (Å²) in [7, 11) is 0. The SMILES string of the molecule is Cc1cc(C)c(NC(=O)c2nc(C(=O)NCC(C)C)n3c2CCCC3)c(C)c1. The number of rotatable bonds is 5. The van der Waals surface area contributed by atoms with Crippen molar-refractivity contribution in [1.82, 2.24) is 14.9 Å². The van der Waals surface area contributed by atoms with Crippen molar-refractivity contribution in [1.29, 1.82) is 0 Å². The van der Waals surface area contributed by atoms with E-state index in [0.717, 1.165) is 53.9 Å². The van der Waals surface area contributed by atoms with E-state index in [1.165, 1.54) is 0 Å². The van der Waals surface area contributed by atoms with Crippen LogP contribution in [0.1, 0.15) is 70.2 Å². The molecule has 28 heavy (non-hydrogen) atoms. The largest absolute Gasteiger partial charge is 0.349 e. The number of aromatic nitrogens is 2. The van der Waals surface area contributed by atoms with Crippen LogP contribution in [0.25, 0.3) is 0 Å².